The molecule has 0 saturated heterocycles. The molecule has 4 heteroatoms. The Morgan fingerprint density at radius 3 is 2.81 bits per heavy atom. The quantitative estimate of drug-likeness (QED) is 0.941. The van der Waals surface area contributed by atoms with E-state index in [1.807, 2.05) is 36.6 Å². The molecule has 1 unspecified atom stereocenters. The van der Waals surface area contributed by atoms with Crippen LogP contribution in [0.15, 0.2) is 18.3 Å². The van der Waals surface area contributed by atoms with Gasteiger partial charge in [-0.1, -0.05) is 12.8 Å². The summed E-state index contributed by atoms with van der Waals surface area (Å²) in [7, 11) is 0. The van der Waals surface area contributed by atoms with E-state index in [4.69, 9.17) is 0 Å². The molecule has 1 saturated carbocycles. The standard InChI is InChI=1S/C17H23N3O/c1-11-10-12(2)20-9-8-15(16(20)18-11)17(21)19-13(3)14-6-4-5-7-14/h8-10,13-14H,4-7H2,1-3H3,(H,19,21). The van der Waals surface area contributed by atoms with Gasteiger partial charge in [-0.2, -0.15) is 0 Å². The molecule has 112 valence electrons. The zero-order chi connectivity index (χ0) is 15.0. The smallest absolute Gasteiger partial charge is 0.255 e. The minimum atomic E-state index is -0.00519. The van der Waals surface area contributed by atoms with E-state index < -0.39 is 0 Å². The van der Waals surface area contributed by atoms with Crippen LogP contribution in [0.3, 0.4) is 0 Å². The fraction of sp³-hybridized carbons (Fsp3) is 0.529. The minimum Gasteiger partial charge on any atom is -0.349 e. The molecule has 0 bridgehead atoms. The van der Waals surface area contributed by atoms with E-state index in [1.165, 1.54) is 25.7 Å². The molecule has 2 aromatic rings. The number of nitrogens with zero attached hydrogens (tertiary/aromatic N) is 2. The highest BCUT2D eigenvalue weighted by Gasteiger charge is 2.24. The van der Waals surface area contributed by atoms with Gasteiger partial charge in [0.15, 0.2) is 0 Å². The van der Waals surface area contributed by atoms with E-state index in [2.05, 4.69) is 17.2 Å². The molecule has 21 heavy (non-hydrogen) atoms. The molecule has 1 N–H and O–H groups in total. The van der Waals surface area contributed by atoms with Crippen LogP contribution >= 0.6 is 0 Å². The first-order valence-electron chi connectivity index (χ1n) is 7.82. The Hall–Kier alpha value is -1.84. The summed E-state index contributed by atoms with van der Waals surface area (Å²) < 4.78 is 1.97. The fourth-order valence-corrected chi connectivity index (χ4v) is 3.43. The number of aryl methyl sites for hydroxylation is 2. The lowest BCUT2D eigenvalue weighted by atomic mass is 9.99. The van der Waals surface area contributed by atoms with Crippen molar-refractivity contribution in [2.75, 3.05) is 0 Å². The van der Waals surface area contributed by atoms with Crippen LogP contribution in [0.25, 0.3) is 5.65 Å². The second-order valence-electron chi connectivity index (χ2n) is 6.27. The molecule has 4 nitrogen and oxygen atoms in total. The predicted molar refractivity (Wildman–Crippen MR) is 83.6 cm³/mol. The van der Waals surface area contributed by atoms with Crippen LogP contribution in [0.4, 0.5) is 0 Å². The van der Waals surface area contributed by atoms with Gasteiger partial charge in [0.05, 0.1) is 5.56 Å². The van der Waals surface area contributed by atoms with Crippen LogP contribution in [-0.2, 0) is 0 Å². The van der Waals surface area contributed by atoms with Gasteiger partial charge in [0.25, 0.3) is 5.91 Å². The molecule has 3 rings (SSSR count). The summed E-state index contributed by atoms with van der Waals surface area (Å²) >= 11 is 0. The number of carbonyl (C=O) groups is 1. The van der Waals surface area contributed by atoms with Crippen molar-refractivity contribution in [3.8, 4) is 0 Å². The number of hydrogen-bond donors (Lipinski definition) is 1. The number of hydrogen-bond acceptors (Lipinski definition) is 2. The van der Waals surface area contributed by atoms with E-state index in [0.29, 0.717) is 11.5 Å². The van der Waals surface area contributed by atoms with Crippen LogP contribution in [-0.4, -0.2) is 21.3 Å². The highest BCUT2D eigenvalue weighted by atomic mass is 16.1. The van der Waals surface area contributed by atoms with Crippen molar-refractivity contribution in [1.82, 2.24) is 14.7 Å². The molecular weight excluding hydrogens is 262 g/mol. The van der Waals surface area contributed by atoms with Gasteiger partial charge in [0.1, 0.15) is 5.65 Å². The van der Waals surface area contributed by atoms with E-state index in [0.717, 1.165) is 17.0 Å². The van der Waals surface area contributed by atoms with Gasteiger partial charge in [-0.05, 0) is 51.7 Å². The SMILES string of the molecule is Cc1cc(C)n2ccc(C(=O)NC(C)C3CCCC3)c2n1. The van der Waals surface area contributed by atoms with Gasteiger partial charge in [0, 0.05) is 23.6 Å². The molecular formula is C17H23N3O. The molecule has 1 fully saturated rings. The summed E-state index contributed by atoms with van der Waals surface area (Å²) in [5.74, 6) is 0.619. The molecule has 1 aliphatic rings. The van der Waals surface area contributed by atoms with Gasteiger partial charge < -0.3 is 9.72 Å². The predicted octanol–water partition coefficient (Wildman–Crippen LogP) is 3.26. The zero-order valence-corrected chi connectivity index (χ0v) is 13.0. The molecule has 0 aliphatic heterocycles. The summed E-state index contributed by atoms with van der Waals surface area (Å²) in [5.41, 5.74) is 3.47. The van der Waals surface area contributed by atoms with Gasteiger partial charge in [-0.3, -0.25) is 4.79 Å². The number of aromatic nitrogens is 2. The lowest BCUT2D eigenvalue weighted by Crippen LogP contribution is -2.37. The normalized spacial score (nSPS) is 17.3. The molecule has 2 aromatic heterocycles. The minimum absolute atomic E-state index is 0.00519. The van der Waals surface area contributed by atoms with E-state index in [9.17, 15) is 4.79 Å². The number of carbonyl (C=O) groups excluding carboxylic acids is 1. The monoisotopic (exact) mass is 285 g/mol. The first kappa shape index (κ1) is 14.1. The first-order valence-corrected chi connectivity index (χ1v) is 7.82. The Morgan fingerprint density at radius 2 is 2.10 bits per heavy atom. The van der Waals surface area contributed by atoms with Crippen LogP contribution in [0.1, 0.15) is 54.4 Å². The van der Waals surface area contributed by atoms with Crippen molar-refractivity contribution >= 4 is 11.6 Å². The Bertz CT molecular complexity index is 668. The average molecular weight is 285 g/mol. The molecule has 0 aromatic carbocycles. The van der Waals surface area contributed by atoms with Crippen LogP contribution < -0.4 is 5.32 Å². The Morgan fingerprint density at radius 1 is 1.38 bits per heavy atom. The maximum atomic E-state index is 12.5. The second kappa shape index (κ2) is 5.51. The summed E-state index contributed by atoms with van der Waals surface area (Å²) in [6.07, 6.45) is 6.97. The lowest BCUT2D eigenvalue weighted by molar-refractivity contribution is 0.0929. The molecule has 1 amide bonds. The molecule has 2 heterocycles. The van der Waals surface area contributed by atoms with E-state index in [-0.39, 0.29) is 11.9 Å². The maximum absolute atomic E-state index is 12.5. The Kier molecular flexibility index (Phi) is 3.70. The number of fused-ring (bicyclic) bond motifs is 1. The van der Waals surface area contributed by atoms with Crippen molar-refractivity contribution in [1.29, 1.82) is 0 Å². The zero-order valence-electron chi connectivity index (χ0n) is 13.0. The highest BCUT2D eigenvalue weighted by Crippen LogP contribution is 2.27. The van der Waals surface area contributed by atoms with Gasteiger partial charge in [0.2, 0.25) is 0 Å². The van der Waals surface area contributed by atoms with Gasteiger partial charge >= 0.3 is 0 Å². The summed E-state index contributed by atoms with van der Waals surface area (Å²) in [6.45, 7) is 6.11. The molecule has 0 spiro atoms. The topological polar surface area (TPSA) is 46.4 Å². The van der Waals surface area contributed by atoms with E-state index in [1.54, 1.807) is 0 Å². The Balaban J connectivity index is 1.84. The summed E-state index contributed by atoms with van der Waals surface area (Å²) in [5, 5.41) is 3.16. The Labute approximate surface area is 125 Å². The maximum Gasteiger partial charge on any atom is 0.255 e. The van der Waals surface area contributed by atoms with Crippen molar-refractivity contribution in [3.05, 3.63) is 35.3 Å². The lowest BCUT2D eigenvalue weighted by Gasteiger charge is -2.20. The number of nitrogens with one attached hydrogen (secondary N) is 1. The van der Waals surface area contributed by atoms with Crippen LogP contribution in [0, 0.1) is 19.8 Å². The summed E-state index contributed by atoms with van der Waals surface area (Å²) in [4.78, 5) is 17.1. The largest absolute Gasteiger partial charge is 0.349 e. The highest BCUT2D eigenvalue weighted by molar-refractivity contribution is 6.00. The summed E-state index contributed by atoms with van der Waals surface area (Å²) in [6, 6.07) is 4.13. The van der Waals surface area contributed by atoms with Crippen LogP contribution in [0.5, 0.6) is 0 Å². The fourth-order valence-electron chi connectivity index (χ4n) is 3.43. The van der Waals surface area contributed by atoms with Gasteiger partial charge in [-0.25, -0.2) is 4.98 Å². The third-order valence-electron chi connectivity index (χ3n) is 4.65. The second-order valence-corrected chi connectivity index (χ2v) is 6.27. The molecule has 1 atom stereocenters. The third-order valence-corrected chi connectivity index (χ3v) is 4.65. The van der Waals surface area contributed by atoms with Crippen molar-refractivity contribution < 1.29 is 4.79 Å². The van der Waals surface area contributed by atoms with Crippen LogP contribution in [0.2, 0.25) is 0 Å². The van der Waals surface area contributed by atoms with Crippen molar-refractivity contribution in [2.24, 2.45) is 5.92 Å². The first-order chi connectivity index (χ1) is 10.1. The van der Waals surface area contributed by atoms with E-state index >= 15 is 0 Å². The number of rotatable bonds is 3. The average Bonchev–Trinajstić information content (AvgIpc) is 3.07. The molecule has 1 aliphatic carbocycles. The number of amides is 1. The molecule has 0 radical (unpaired) electrons. The van der Waals surface area contributed by atoms with Gasteiger partial charge in [-0.15, -0.1) is 0 Å². The van der Waals surface area contributed by atoms with Crippen molar-refractivity contribution in [3.63, 3.8) is 0 Å². The van der Waals surface area contributed by atoms with Crippen molar-refractivity contribution in [2.45, 2.75) is 52.5 Å². The third kappa shape index (κ3) is 2.67.